The lowest BCUT2D eigenvalue weighted by Gasteiger charge is -2.03. The molecular formula is C12H15BrN4O. The normalized spacial score (nSPS) is 10.6. The SMILES string of the molecule is CCNCc1nnc(Nc2ccc(Br)c(C)c2)o1. The van der Waals surface area contributed by atoms with Gasteiger partial charge in [-0.05, 0) is 37.2 Å². The minimum Gasteiger partial charge on any atom is -0.406 e. The molecule has 0 aliphatic carbocycles. The van der Waals surface area contributed by atoms with Gasteiger partial charge in [0, 0.05) is 10.2 Å². The van der Waals surface area contributed by atoms with Crippen LogP contribution in [0.25, 0.3) is 0 Å². The first kappa shape index (κ1) is 13.0. The first-order valence-electron chi connectivity index (χ1n) is 5.75. The Hall–Kier alpha value is -1.40. The molecule has 1 aromatic carbocycles. The molecule has 96 valence electrons. The fraction of sp³-hybridized carbons (Fsp3) is 0.333. The third-order valence-electron chi connectivity index (χ3n) is 2.40. The summed E-state index contributed by atoms with van der Waals surface area (Å²) in [6.45, 7) is 5.52. The Balaban J connectivity index is 2.04. The van der Waals surface area contributed by atoms with Crippen molar-refractivity contribution in [1.29, 1.82) is 0 Å². The first-order valence-corrected chi connectivity index (χ1v) is 6.54. The molecule has 2 aromatic rings. The maximum Gasteiger partial charge on any atom is 0.320 e. The zero-order valence-electron chi connectivity index (χ0n) is 10.3. The summed E-state index contributed by atoms with van der Waals surface area (Å²) in [5.41, 5.74) is 2.07. The molecule has 0 spiro atoms. The zero-order valence-corrected chi connectivity index (χ0v) is 11.9. The van der Waals surface area contributed by atoms with Crippen LogP contribution in [0.2, 0.25) is 0 Å². The number of hydrogen-bond donors (Lipinski definition) is 2. The molecule has 0 unspecified atom stereocenters. The van der Waals surface area contributed by atoms with E-state index in [4.69, 9.17) is 4.42 Å². The van der Waals surface area contributed by atoms with Gasteiger partial charge in [-0.25, -0.2) is 0 Å². The van der Waals surface area contributed by atoms with Gasteiger partial charge in [0.15, 0.2) is 0 Å². The van der Waals surface area contributed by atoms with Crippen molar-refractivity contribution >= 4 is 27.6 Å². The molecular weight excluding hydrogens is 296 g/mol. The number of rotatable bonds is 5. The van der Waals surface area contributed by atoms with Gasteiger partial charge < -0.3 is 15.1 Å². The fourth-order valence-electron chi connectivity index (χ4n) is 1.45. The van der Waals surface area contributed by atoms with E-state index in [1.54, 1.807) is 0 Å². The predicted molar refractivity (Wildman–Crippen MR) is 73.8 cm³/mol. The van der Waals surface area contributed by atoms with Gasteiger partial charge in [-0.2, -0.15) is 0 Å². The van der Waals surface area contributed by atoms with E-state index in [2.05, 4.69) is 36.8 Å². The second-order valence-electron chi connectivity index (χ2n) is 3.87. The van der Waals surface area contributed by atoms with Crippen molar-refractivity contribution in [3.63, 3.8) is 0 Å². The van der Waals surface area contributed by atoms with Crippen LogP contribution in [0, 0.1) is 6.92 Å². The smallest absolute Gasteiger partial charge is 0.320 e. The fourth-order valence-corrected chi connectivity index (χ4v) is 1.70. The van der Waals surface area contributed by atoms with Crippen molar-refractivity contribution in [3.8, 4) is 0 Å². The van der Waals surface area contributed by atoms with Crippen LogP contribution in [0.3, 0.4) is 0 Å². The monoisotopic (exact) mass is 310 g/mol. The van der Waals surface area contributed by atoms with Gasteiger partial charge in [-0.3, -0.25) is 0 Å². The van der Waals surface area contributed by atoms with E-state index in [-0.39, 0.29) is 0 Å². The van der Waals surface area contributed by atoms with E-state index in [0.717, 1.165) is 22.3 Å². The van der Waals surface area contributed by atoms with Crippen LogP contribution in [0.15, 0.2) is 27.1 Å². The highest BCUT2D eigenvalue weighted by molar-refractivity contribution is 9.10. The minimum absolute atomic E-state index is 0.407. The lowest BCUT2D eigenvalue weighted by molar-refractivity contribution is 0.484. The highest BCUT2D eigenvalue weighted by Gasteiger charge is 2.06. The molecule has 2 rings (SSSR count). The second kappa shape index (κ2) is 5.97. The predicted octanol–water partition coefficient (Wildman–Crippen LogP) is 2.99. The molecule has 0 aliphatic rings. The summed E-state index contributed by atoms with van der Waals surface area (Å²) in [6, 6.07) is 6.35. The van der Waals surface area contributed by atoms with E-state index in [1.807, 2.05) is 32.0 Å². The highest BCUT2D eigenvalue weighted by Crippen LogP contribution is 2.22. The van der Waals surface area contributed by atoms with Gasteiger partial charge in [-0.15, -0.1) is 5.10 Å². The third-order valence-corrected chi connectivity index (χ3v) is 3.29. The summed E-state index contributed by atoms with van der Waals surface area (Å²) in [5.74, 6) is 0.577. The van der Waals surface area contributed by atoms with Crippen LogP contribution in [0.4, 0.5) is 11.7 Å². The van der Waals surface area contributed by atoms with E-state index in [9.17, 15) is 0 Å². The van der Waals surface area contributed by atoms with Crippen LogP contribution in [0.1, 0.15) is 18.4 Å². The Morgan fingerprint density at radius 1 is 1.33 bits per heavy atom. The Morgan fingerprint density at radius 3 is 2.89 bits per heavy atom. The Labute approximate surface area is 114 Å². The van der Waals surface area contributed by atoms with Crippen molar-refractivity contribution < 1.29 is 4.42 Å². The van der Waals surface area contributed by atoms with Gasteiger partial charge in [0.2, 0.25) is 5.89 Å². The van der Waals surface area contributed by atoms with E-state index < -0.39 is 0 Å². The maximum atomic E-state index is 5.45. The molecule has 1 heterocycles. The van der Waals surface area contributed by atoms with Crippen LogP contribution in [-0.4, -0.2) is 16.7 Å². The summed E-state index contributed by atoms with van der Waals surface area (Å²) in [6.07, 6.45) is 0. The van der Waals surface area contributed by atoms with Crippen LogP contribution < -0.4 is 10.6 Å². The van der Waals surface area contributed by atoms with Crippen molar-refractivity contribution in [2.75, 3.05) is 11.9 Å². The van der Waals surface area contributed by atoms with Gasteiger partial charge in [0.05, 0.1) is 6.54 Å². The lowest BCUT2D eigenvalue weighted by atomic mass is 10.2. The summed E-state index contributed by atoms with van der Waals surface area (Å²) in [5, 5.41) is 14.1. The molecule has 5 nitrogen and oxygen atoms in total. The third kappa shape index (κ3) is 3.30. The number of aromatic nitrogens is 2. The van der Waals surface area contributed by atoms with Gasteiger partial charge in [0.25, 0.3) is 0 Å². The Bertz CT molecular complexity index is 527. The van der Waals surface area contributed by atoms with Gasteiger partial charge in [-0.1, -0.05) is 28.0 Å². The van der Waals surface area contributed by atoms with Crippen LogP contribution in [0.5, 0.6) is 0 Å². The second-order valence-corrected chi connectivity index (χ2v) is 4.72. The van der Waals surface area contributed by atoms with Crippen molar-refractivity contribution in [3.05, 3.63) is 34.1 Å². The Morgan fingerprint density at radius 2 is 2.17 bits per heavy atom. The molecule has 0 aliphatic heterocycles. The minimum atomic E-state index is 0.407. The van der Waals surface area contributed by atoms with Gasteiger partial charge >= 0.3 is 6.01 Å². The summed E-state index contributed by atoms with van der Waals surface area (Å²) in [4.78, 5) is 0. The number of hydrogen-bond acceptors (Lipinski definition) is 5. The molecule has 2 N–H and O–H groups in total. The van der Waals surface area contributed by atoms with Crippen LogP contribution in [-0.2, 0) is 6.54 Å². The standard InChI is InChI=1S/C12H15BrN4O/c1-3-14-7-11-16-17-12(18-11)15-9-4-5-10(13)8(2)6-9/h4-6,14H,3,7H2,1-2H3,(H,15,17). The first-order chi connectivity index (χ1) is 8.69. The van der Waals surface area contributed by atoms with Crippen molar-refractivity contribution in [2.24, 2.45) is 0 Å². The molecule has 0 amide bonds. The average Bonchev–Trinajstić information content (AvgIpc) is 2.79. The van der Waals surface area contributed by atoms with Crippen LogP contribution >= 0.6 is 15.9 Å². The number of aryl methyl sites for hydroxylation is 1. The zero-order chi connectivity index (χ0) is 13.0. The molecule has 0 saturated carbocycles. The number of nitrogens with zero attached hydrogens (tertiary/aromatic N) is 2. The lowest BCUT2D eigenvalue weighted by Crippen LogP contribution is -2.11. The highest BCUT2D eigenvalue weighted by atomic mass is 79.9. The quantitative estimate of drug-likeness (QED) is 0.889. The van der Waals surface area contributed by atoms with E-state index in [1.165, 1.54) is 0 Å². The molecule has 0 atom stereocenters. The van der Waals surface area contributed by atoms with Crippen molar-refractivity contribution in [1.82, 2.24) is 15.5 Å². The number of anilines is 2. The average molecular weight is 311 g/mol. The van der Waals surface area contributed by atoms with E-state index >= 15 is 0 Å². The molecule has 0 bridgehead atoms. The summed E-state index contributed by atoms with van der Waals surface area (Å²) in [7, 11) is 0. The van der Waals surface area contributed by atoms with Crippen molar-refractivity contribution in [2.45, 2.75) is 20.4 Å². The summed E-state index contributed by atoms with van der Waals surface area (Å²) < 4.78 is 6.53. The largest absolute Gasteiger partial charge is 0.406 e. The molecule has 1 aromatic heterocycles. The molecule has 6 heteroatoms. The Kier molecular flexibility index (Phi) is 4.33. The maximum absolute atomic E-state index is 5.45. The van der Waals surface area contributed by atoms with E-state index in [0.29, 0.717) is 18.5 Å². The molecule has 0 fully saturated rings. The number of benzene rings is 1. The number of nitrogens with one attached hydrogen (secondary N) is 2. The molecule has 18 heavy (non-hydrogen) atoms. The topological polar surface area (TPSA) is 63.0 Å². The van der Waals surface area contributed by atoms with Gasteiger partial charge in [0.1, 0.15) is 0 Å². The summed E-state index contributed by atoms with van der Waals surface area (Å²) >= 11 is 3.46. The number of halogens is 1. The molecule has 0 radical (unpaired) electrons. The molecule has 0 saturated heterocycles.